The van der Waals surface area contributed by atoms with Crippen molar-refractivity contribution in [2.45, 2.75) is 31.0 Å². The Balaban J connectivity index is 2.01. The summed E-state index contributed by atoms with van der Waals surface area (Å²) in [4.78, 5) is 25.6. The van der Waals surface area contributed by atoms with Gasteiger partial charge >= 0.3 is 5.97 Å². The molecule has 112 valence electrons. The molecule has 2 aliphatic rings. The molecule has 1 unspecified atom stereocenters. The van der Waals surface area contributed by atoms with E-state index in [0.29, 0.717) is 12.8 Å². The Morgan fingerprint density at radius 3 is 2.57 bits per heavy atom. The van der Waals surface area contributed by atoms with E-state index in [1.54, 1.807) is 0 Å². The van der Waals surface area contributed by atoms with E-state index in [1.807, 2.05) is 35.2 Å². The molecule has 2 heterocycles. The second-order valence-corrected chi connectivity index (χ2v) is 5.57. The highest BCUT2D eigenvalue weighted by Crippen LogP contribution is 2.37. The number of rotatable bonds is 3. The Morgan fingerprint density at radius 2 is 1.95 bits per heavy atom. The summed E-state index contributed by atoms with van der Waals surface area (Å²) in [6, 6.07) is 9.59. The number of piperidine rings is 1. The molecule has 2 aliphatic heterocycles. The molecule has 3 N–H and O–H groups in total. The smallest absolute Gasteiger partial charge is 0.307 e. The largest absolute Gasteiger partial charge is 0.481 e. The lowest BCUT2D eigenvalue weighted by atomic mass is 9.86. The number of para-hydroxylation sites is 1. The van der Waals surface area contributed by atoms with Crippen molar-refractivity contribution in [3.05, 3.63) is 30.3 Å². The van der Waals surface area contributed by atoms with Crippen molar-refractivity contribution in [3.63, 3.8) is 0 Å². The lowest BCUT2D eigenvalue weighted by molar-refractivity contribution is -0.137. The van der Waals surface area contributed by atoms with Gasteiger partial charge in [0, 0.05) is 5.69 Å². The molecule has 0 saturated carbocycles. The van der Waals surface area contributed by atoms with E-state index in [-0.39, 0.29) is 12.3 Å². The molecule has 0 radical (unpaired) electrons. The molecule has 6 nitrogen and oxygen atoms in total. The van der Waals surface area contributed by atoms with Crippen LogP contribution in [0, 0.1) is 0 Å². The molecule has 0 bridgehead atoms. The van der Waals surface area contributed by atoms with Crippen LogP contribution in [0.5, 0.6) is 0 Å². The number of nitrogens with zero attached hydrogens (tertiary/aromatic N) is 1. The molecule has 3 rings (SSSR count). The van der Waals surface area contributed by atoms with Crippen LogP contribution in [0.15, 0.2) is 30.3 Å². The van der Waals surface area contributed by atoms with Gasteiger partial charge in [-0.2, -0.15) is 0 Å². The number of carbonyl (C=O) groups excluding carboxylic acids is 1. The highest BCUT2D eigenvalue weighted by atomic mass is 16.4. The third kappa shape index (κ3) is 2.35. The van der Waals surface area contributed by atoms with E-state index in [0.717, 1.165) is 18.8 Å². The topological polar surface area (TPSA) is 81.7 Å². The molecular weight excluding hydrogens is 270 g/mol. The SMILES string of the molecule is O=C(O)CC1NC(=O)C2(CCNCC2)N1c1ccccc1. The average Bonchev–Trinajstić information content (AvgIpc) is 2.72. The molecule has 1 aromatic rings. The normalized spacial score (nSPS) is 24.1. The Bertz CT molecular complexity index is 540. The molecule has 0 aromatic heterocycles. The van der Waals surface area contributed by atoms with Gasteiger partial charge in [-0.15, -0.1) is 0 Å². The van der Waals surface area contributed by atoms with Crippen LogP contribution in [0.2, 0.25) is 0 Å². The number of amides is 1. The number of aliphatic carboxylic acids is 1. The van der Waals surface area contributed by atoms with Crippen molar-refractivity contribution in [1.82, 2.24) is 10.6 Å². The molecular formula is C15H19N3O3. The number of nitrogens with one attached hydrogen (secondary N) is 2. The fraction of sp³-hybridized carbons (Fsp3) is 0.467. The minimum absolute atomic E-state index is 0.0564. The second kappa shape index (κ2) is 5.37. The van der Waals surface area contributed by atoms with E-state index in [1.165, 1.54) is 0 Å². The zero-order valence-electron chi connectivity index (χ0n) is 11.7. The average molecular weight is 289 g/mol. The third-order valence-electron chi connectivity index (χ3n) is 4.33. The van der Waals surface area contributed by atoms with Gasteiger partial charge in [0.05, 0.1) is 6.42 Å². The van der Waals surface area contributed by atoms with Gasteiger partial charge in [0.1, 0.15) is 11.7 Å². The van der Waals surface area contributed by atoms with Crippen molar-refractivity contribution in [3.8, 4) is 0 Å². The number of carboxylic acids is 1. The summed E-state index contributed by atoms with van der Waals surface area (Å²) in [7, 11) is 0. The summed E-state index contributed by atoms with van der Waals surface area (Å²) in [6.07, 6.45) is 0.777. The lowest BCUT2D eigenvalue weighted by Crippen LogP contribution is -2.56. The van der Waals surface area contributed by atoms with Crippen LogP contribution in [0.4, 0.5) is 5.69 Å². The maximum absolute atomic E-state index is 12.6. The molecule has 6 heteroatoms. The first kappa shape index (κ1) is 13.9. The minimum atomic E-state index is -0.910. The summed E-state index contributed by atoms with van der Waals surface area (Å²) in [5.41, 5.74) is 0.260. The van der Waals surface area contributed by atoms with Crippen molar-refractivity contribution in [2.75, 3.05) is 18.0 Å². The Kier molecular flexibility index (Phi) is 3.55. The van der Waals surface area contributed by atoms with Crippen LogP contribution in [0.1, 0.15) is 19.3 Å². The molecule has 1 amide bonds. The van der Waals surface area contributed by atoms with Crippen molar-refractivity contribution in [1.29, 1.82) is 0 Å². The van der Waals surface area contributed by atoms with Gasteiger partial charge in [0.2, 0.25) is 5.91 Å². The quantitative estimate of drug-likeness (QED) is 0.757. The third-order valence-corrected chi connectivity index (χ3v) is 4.33. The fourth-order valence-corrected chi connectivity index (χ4v) is 3.39. The molecule has 2 saturated heterocycles. The first-order valence-corrected chi connectivity index (χ1v) is 7.21. The summed E-state index contributed by atoms with van der Waals surface area (Å²) >= 11 is 0. The van der Waals surface area contributed by atoms with E-state index >= 15 is 0 Å². The minimum Gasteiger partial charge on any atom is -0.481 e. The van der Waals surface area contributed by atoms with Crippen LogP contribution >= 0.6 is 0 Å². The van der Waals surface area contributed by atoms with Gasteiger partial charge in [0.25, 0.3) is 0 Å². The molecule has 1 atom stereocenters. The molecule has 2 fully saturated rings. The summed E-state index contributed by atoms with van der Waals surface area (Å²) in [5.74, 6) is -0.966. The maximum atomic E-state index is 12.6. The van der Waals surface area contributed by atoms with Gasteiger partial charge in [-0.1, -0.05) is 18.2 Å². The molecule has 1 aromatic carbocycles. The predicted molar refractivity (Wildman–Crippen MR) is 77.9 cm³/mol. The molecule has 0 aliphatic carbocycles. The first-order chi connectivity index (χ1) is 10.1. The standard InChI is InChI=1S/C15H19N3O3/c19-13(20)10-12-17-14(21)15(6-8-16-9-7-15)18(12)11-4-2-1-3-5-11/h1-5,12,16H,6-10H2,(H,17,21)(H,19,20). The summed E-state index contributed by atoms with van der Waals surface area (Å²) in [5, 5.41) is 15.3. The van der Waals surface area contributed by atoms with Crippen LogP contribution in [0.3, 0.4) is 0 Å². The number of anilines is 1. The van der Waals surface area contributed by atoms with Crippen LogP contribution in [-0.2, 0) is 9.59 Å². The number of hydrogen-bond acceptors (Lipinski definition) is 4. The highest BCUT2D eigenvalue weighted by molar-refractivity contribution is 5.95. The summed E-state index contributed by atoms with van der Waals surface area (Å²) in [6.45, 7) is 1.52. The Morgan fingerprint density at radius 1 is 1.29 bits per heavy atom. The molecule has 21 heavy (non-hydrogen) atoms. The van der Waals surface area contributed by atoms with Gasteiger partial charge in [-0.05, 0) is 38.1 Å². The maximum Gasteiger partial charge on any atom is 0.307 e. The monoisotopic (exact) mass is 289 g/mol. The summed E-state index contributed by atoms with van der Waals surface area (Å²) < 4.78 is 0. The number of carbonyl (C=O) groups is 2. The van der Waals surface area contributed by atoms with E-state index in [4.69, 9.17) is 5.11 Å². The Hall–Kier alpha value is -2.08. The Labute approximate surface area is 123 Å². The first-order valence-electron chi connectivity index (χ1n) is 7.21. The number of carboxylic acid groups (broad SMARTS) is 1. The van der Waals surface area contributed by atoms with E-state index in [2.05, 4.69) is 10.6 Å². The molecule has 1 spiro atoms. The van der Waals surface area contributed by atoms with Crippen molar-refractivity contribution < 1.29 is 14.7 Å². The van der Waals surface area contributed by atoms with Gasteiger partial charge < -0.3 is 20.6 Å². The van der Waals surface area contributed by atoms with Crippen LogP contribution in [0.25, 0.3) is 0 Å². The van der Waals surface area contributed by atoms with Crippen LogP contribution in [-0.4, -0.2) is 41.8 Å². The zero-order valence-corrected chi connectivity index (χ0v) is 11.7. The van der Waals surface area contributed by atoms with E-state index in [9.17, 15) is 9.59 Å². The van der Waals surface area contributed by atoms with Crippen molar-refractivity contribution >= 4 is 17.6 Å². The number of benzene rings is 1. The van der Waals surface area contributed by atoms with Crippen molar-refractivity contribution in [2.24, 2.45) is 0 Å². The number of hydrogen-bond donors (Lipinski definition) is 3. The van der Waals surface area contributed by atoms with Gasteiger partial charge in [-0.25, -0.2) is 0 Å². The van der Waals surface area contributed by atoms with Gasteiger partial charge in [0.15, 0.2) is 0 Å². The van der Waals surface area contributed by atoms with Gasteiger partial charge in [-0.3, -0.25) is 9.59 Å². The highest BCUT2D eigenvalue weighted by Gasteiger charge is 2.53. The van der Waals surface area contributed by atoms with E-state index < -0.39 is 17.7 Å². The zero-order chi connectivity index (χ0) is 14.9. The van der Waals surface area contributed by atoms with Crippen LogP contribution < -0.4 is 15.5 Å². The predicted octanol–water partition coefficient (Wildman–Crippen LogP) is 0.546. The second-order valence-electron chi connectivity index (χ2n) is 5.57. The fourth-order valence-electron chi connectivity index (χ4n) is 3.39. The lowest BCUT2D eigenvalue weighted by Gasteiger charge is -2.42.